The van der Waals surface area contributed by atoms with Gasteiger partial charge < -0.3 is 13.9 Å². The van der Waals surface area contributed by atoms with Gasteiger partial charge in [0.2, 0.25) is 15.9 Å². The van der Waals surface area contributed by atoms with Crippen LogP contribution in [0.2, 0.25) is 5.02 Å². The molecule has 11 heteroatoms. The van der Waals surface area contributed by atoms with E-state index < -0.39 is 10.0 Å². The summed E-state index contributed by atoms with van der Waals surface area (Å²) in [5, 5.41) is 9.07. The van der Waals surface area contributed by atoms with Crippen molar-refractivity contribution >= 4 is 33.4 Å². The molecule has 0 N–H and O–H groups in total. The van der Waals surface area contributed by atoms with E-state index in [1.165, 1.54) is 16.1 Å². The number of aromatic nitrogens is 2. The second-order valence-electron chi connectivity index (χ2n) is 6.57. The zero-order valence-electron chi connectivity index (χ0n) is 16.4. The van der Waals surface area contributed by atoms with E-state index in [1.54, 1.807) is 36.4 Å². The van der Waals surface area contributed by atoms with Gasteiger partial charge >= 0.3 is 0 Å². The molecule has 0 saturated carbocycles. The summed E-state index contributed by atoms with van der Waals surface area (Å²) in [6.45, 7) is 1.90. The highest BCUT2D eigenvalue weighted by Crippen LogP contribution is 2.27. The number of halogens is 1. The van der Waals surface area contributed by atoms with Crippen molar-refractivity contribution in [2.75, 3.05) is 38.7 Å². The van der Waals surface area contributed by atoms with Crippen LogP contribution in [0.4, 0.5) is 0 Å². The largest absolute Gasteiger partial charge is 0.493 e. The number of hydrogen-bond donors (Lipinski definition) is 0. The minimum Gasteiger partial charge on any atom is -0.493 e. The molecule has 1 saturated heterocycles. The third-order valence-electron chi connectivity index (χ3n) is 4.47. The number of nitrogens with zero attached hydrogens (tertiary/aromatic N) is 3. The third kappa shape index (κ3) is 5.58. The predicted octanol–water partition coefficient (Wildman–Crippen LogP) is 3.58. The number of ether oxygens (including phenoxy) is 2. The Balaban J connectivity index is 1.38. The number of rotatable bonds is 8. The fraction of sp³-hybridized carbons (Fsp3) is 0.300. The maximum Gasteiger partial charge on any atom is 0.276 e. The lowest BCUT2D eigenvalue weighted by Crippen LogP contribution is -2.40. The molecular weight excluding hydrogens is 462 g/mol. The zero-order valence-corrected chi connectivity index (χ0v) is 18.8. The van der Waals surface area contributed by atoms with Gasteiger partial charge in [0.1, 0.15) is 5.75 Å². The Bertz CT molecular complexity index is 1130. The average Bonchev–Trinajstić information content (AvgIpc) is 3.27. The van der Waals surface area contributed by atoms with Crippen molar-refractivity contribution in [3.8, 4) is 17.2 Å². The summed E-state index contributed by atoms with van der Waals surface area (Å²) < 4.78 is 43.7. The van der Waals surface area contributed by atoms with Crippen molar-refractivity contribution < 1.29 is 22.3 Å². The Morgan fingerprint density at radius 2 is 1.90 bits per heavy atom. The Labute approximate surface area is 189 Å². The fourth-order valence-corrected chi connectivity index (χ4v) is 5.17. The molecule has 1 aliphatic rings. The smallest absolute Gasteiger partial charge is 0.276 e. The molecule has 0 unspecified atom stereocenters. The van der Waals surface area contributed by atoms with Gasteiger partial charge in [0.25, 0.3) is 5.22 Å². The number of thioether (sulfide) groups is 1. The van der Waals surface area contributed by atoms with E-state index >= 15 is 0 Å². The summed E-state index contributed by atoms with van der Waals surface area (Å²) in [5.74, 6) is 1.55. The quantitative estimate of drug-likeness (QED) is 0.356. The van der Waals surface area contributed by atoms with Crippen LogP contribution >= 0.6 is 23.4 Å². The van der Waals surface area contributed by atoms with Crippen LogP contribution in [-0.4, -0.2) is 61.6 Å². The summed E-state index contributed by atoms with van der Waals surface area (Å²) in [4.78, 5) is 0.189. The van der Waals surface area contributed by atoms with Crippen LogP contribution in [0.5, 0.6) is 5.75 Å². The van der Waals surface area contributed by atoms with Gasteiger partial charge in [-0.3, -0.25) is 0 Å². The highest BCUT2D eigenvalue weighted by Gasteiger charge is 2.26. The Morgan fingerprint density at radius 3 is 2.71 bits per heavy atom. The predicted molar refractivity (Wildman–Crippen MR) is 117 cm³/mol. The first-order valence-corrected chi connectivity index (χ1v) is 12.4. The van der Waals surface area contributed by atoms with Gasteiger partial charge in [-0.05, 0) is 36.4 Å². The van der Waals surface area contributed by atoms with E-state index in [-0.39, 0.29) is 10.8 Å². The monoisotopic (exact) mass is 481 g/mol. The molecule has 31 heavy (non-hydrogen) atoms. The topological polar surface area (TPSA) is 94.8 Å². The van der Waals surface area contributed by atoms with Crippen LogP contribution in [0, 0.1) is 0 Å². The molecule has 8 nitrogen and oxygen atoms in total. The molecule has 164 valence electrons. The Hall–Kier alpha value is -2.11. The molecule has 3 aromatic rings. The Morgan fingerprint density at radius 1 is 1.10 bits per heavy atom. The number of sulfonamides is 1. The van der Waals surface area contributed by atoms with Crippen molar-refractivity contribution in [2.24, 2.45) is 0 Å². The second-order valence-corrected chi connectivity index (χ2v) is 9.99. The van der Waals surface area contributed by atoms with E-state index in [9.17, 15) is 8.42 Å². The van der Waals surface area contributed by atoms with Crippen molar-refractivity contribution in [2.45, 2.75) is 10.1 Å². The molecule has 1 fully saturated rings. The molecule has 2 aromatic carbocycles. The average molecular weight is 482 g/mol. The van der Waals surface area contributed by atoms with Gasteiger partial charge in [-0.25, -0.2) is 8.42 Å². The third-order valence-corrected chi connectivity index (χ3v) is 7.38. The summed E-state index contributed by atoms with van der Waals surface area (Å²) in [6.07, 6.45) is 0. The molecule has 0 bridgehead atoms. The molecule has 1 aromatic heterocycles. The fourth-order valence-electron chi connectivity index (χ4n) is 2.96. The number of benzene rings is 2. The van der Waals surface area contributed by atoms with Gasteiger partial charge in [-0.15, -0.1) is 10.2 Å². The summed E-state index contributed by atoms with van der Waals surface area (Å²) in [5.41, 5.74) is 0.545. The maximum absolute atomic E-state index is 12.9. The lowest BCUT2D eigenvalue weighted by Gasteiger charge is -2.26. The van der Waals surface area contributed by atoms with Crippen molar-refractivity contribution in [1.29, 1.82) is 0 Å². The zero-order chi connectivity index (χ0) is 21.7. The van der Waals surface area contributed by atoms with Crippen LogP contribution in [-0.2, 0) is 14.8 Å². The van der Waals surface area contributed by atoms with E-state index in [0.717, 1.165) is 0 Å². The highest BCUT2D eigenvalue weighted by atomic mass is 35.5. The lowest BCUT2D eigenvalue weighted by molar-refractivity contribution is 0.0730. The Kier molecular flexibility index (Phi) is 7.13. The first kappa shape index (κ1) is 22.1. The minimum absolute atomic E-state index is 0.189. The lowest BCUT2D eigenvalue weighted by atomic mass is 10.2. The SMILES string of the molecule is O=S(=O)(c1cccc(-c2nnc(SCCOc3cccc(Cl)c3)o2)c1)N1CCOCC1. The van der Waals surface area contributed by atoms with Gasteiger partial charge in [0, 0.05) is 29.4 Å². The van der Waals surface area contributed by atoms with Crippen LogP contribution in [0.25, 0.3) is 11.5 Å². The van der Waals surface area contributed by atoms with Gasteiger partial charge in [0.05, 0.1) is 24.7 Å². The van der Waals surface area contributed by atoms with Crippen LogP contribution in [0.3, 0.4) is 0 Å². The van der Waals surface area contributed by atoms with E-state index in [2.05, 4.69) is 10.2 Å². The summed E-state index contributed by atoms with van der Waals surface area (Å²) >= 11 is 7.29. The molecule has 0 atom stereocenters. The molecule has 1 aliphatic heterocycles. The molecule has 2 heterocycles. The minimum atomic E-state index is -3.60. The van der Waals surface area contributed by atoms with Crippen LogP contribution in [0.15, 0.2) is 63.1 Å². The molecular formula is C20H20ClN3O5S2. The number of hydrogen-bond acceptors (Lipinski definition) is 8. The van der Waals surface area contributed by atoms with Gasteiger partial charge in [0.15, 0.2) is 0 Å². The van der Waals surface area contributed by atoms with Crippen molar-refractivity contribution in [3.63, 3.8) is 0 Å². The summed E-state index contributed by atoms with van der Waals surface area (Å²) in [6, 6.07) is 13.7. The maximum atomic E-state index is 12.9. The molecule has 0 aliphatic carbocycles. The first-order chi connectivity index (χ1) is 15.0. The van der Waals surface area contributed by atoms with E-state index in [0.29, 0.717) is 60.2 Å². The van der Waals surface area contributed by atoms with E-state index in [1.807, 2.05) is 12.1 Å². The van der Waals surface area contributed by atoms with Crippen LogP contribution in [0.1, 0.15) is 0 Å². The van der Waals surface area contributed by atoms with Gasteiger partial charge in [-0.2, -0.15) is 4.31 Å². The normalized spacial score (nSPS) is 15.1. The molecule has 4 rings (SSSR count). The van der Waals surface area contributed by atoms with Crippen molar-refractivity contribution in [1.82, 2.24) is 14.5 Å². The number of morpholine rings is 1. The van der Waals surface area contributed by atoms with Crippen molar-refractivity contribution in [3.05, 3.63) is 53.6 Å². The highest BCUT2D eigenvalue weighted by molar-refractivity contribution is 7.99. The summed E-state index contributed by atoms with van der Waals surface area (Å²) in [7, 11) is -3.60. The molecule has 0 amide bonds. The van der Waals surface area contributed by atoms with Gasteiger partial charge in [-0.1, -0.05) is 35.5 Å². The molecule has 0 spiro atoms. The first-order valence-electron chi connectivity index (χ1n) is 9.55. The van der Waals surface area contributed by atoms with E-state index in [4.69, 9.17) is 25.5 Å². The standard InChI is InChI=1S/C20H20ClN3O5S2/c21-16-4-2-5-17(14-16)28-11-12-30-20-23-22-19(29-20)15-3-1-6-18(13-15)31(25,26)24-7-9-27-10-8-24/h1-6,13-14H,7-12H2. The molecule has 0 radical (unpaired) electrons. The second kappa shape index (κ2) is 10.0. The van der Waals surface area contributed by atoms with Crippen LogP contribution < -0.4 is 4.74 Å².